The van der Waals surface area contributed by atoms with Crippen molar-refractivity contribution >= 4 is 15.9 Å². The smallest absolute Gasteiger partial charge is 0.170 e. The molecule has 1 fully saturated rings. The van der Waals surface area contributed by atoms with Gasteiger partial charge in [-0.3, -0.25) is 0 Å². The topological polar surface area (TPSA) is 49.2 Å². The molecular weight excluding hydrogens is 334 g/mol. The fourth-order valence-electron chi connectivity index (χ4n) is 2.39. The highest BCUT2D eigenvalue weighted by Crippen LogP contribution is 2.35. The zero-order chi connectivity index (χ0) is 14.8. The molecule has 21 heavy (non-hydrogen) atoms. The van der Waals surface area contributed by atoms with Crippen LogP contribution in [0.15, 0.2) is 22.7 Å². The average Bonchev–Trinajstić information content (AvgIpc) is 2.78. The monoisotopic (exact) mass is 351 g/mol. The van der Waals surface area contributed by atoms with E-state index in [1.54, 1.807) is 7.11 Å². The van der Waals surface area contributed by atoms with E-state index in [1.165, 1.54) is 19.3 Å². The molecule has 0 bridgehead atoms. The fourth-order valence-corrected chi connectivity index (χ4v) is 2.75. The highest BCUT2D eigenvalue weighted by molar-refractivity contribution is 9.10. The second-order valence-corrected chi connectivity index (χ2v) is 6.10. The fraction of sp³-hybridized carbons (Fsp3) is 0.467. The first-order chi connectivity index (χ1) is 10.2. The summed E-state index contributed by atoms with van der Waals surface area (Å²) in [6.45, 7) is 0.391. The van der Waals surface area contributed by atoms with Crippen LogP contribution >= 0.6 is 15.9 Å². The lowest BCUT2D eigenvalue weighted by Crippen LogP contribution is -2.15. The van der Waals surface area contributed by atoms with E-state index in [1.807, 2.05) is 25.2 Å². The van der Waals surface area contributed by atoms with Crippen LogP contribution in [0.5, 0.6) is 11.5 Å². The van der Waals surface area contributed by atoms with Crippen molar-refractivity contribution in [3.05, 3.63) is 34.3 Å². The molecule has 112 valence electrons. The Morgan fingerprint density at radius 3 is 2.81 bits per heavy atom. The minimum absolute atomic E-state index is 0.391. The lowest BCUT2D eigenvalue weighted by atomic mass is 9.85. The Morgan fingerprint density at radius 2 is 2.14 bits per heavy atom. The Hall–Kier alpha value is -1.56. The Balaban J connectivity index is 1.71. The number of rotatable bonds is 5. The number of benzene rings is 1. The Morgan fingerprint density at radius 1 is 1.33 bits per heavy atom. The van der Waals surface area contributed by atoms with E-state index >= 15 is 0 Å². The quantitative estimate of drug-likeness (QED) is 0.827. The molecule has 0 aliphatic heterocycles. The SMILES string of the molecule is COc1ccc(Br)c(OCc2nnc(C3CCC3)n2C)c1. The van der Waals surface area contributed by atoms with E-state index < -0.39 is 0 Å². The number of aromatic nitrogens is 3. The molecule has 0 radical (unpaired) electrons. The van der Waals surface area contributed by atoms with Crippen LogP contribution in [0.3, 0.4) is 0 Å². The van der Waals surface area contributed by atoms with Crippen molar-refractivity contribution in [3.8, 4) is 11.5 Å². The number of nitrogens with zero attached hydrogens (tertiary/aromatic N) is 3. The Labute approximate surface area is 132 Å². The molecule has 1 aromatic carbocycles. The van der Waals surface area contributed by atoms with Gasteiger partial charge in [0.15, 0.2) is 5.82 Å². The maximum atomic E-state index is 5.84. The molecule has 2 aromatic rings. The van der Waals surface area contributed by atoms with Gasteiger partial charge in [0.05, 0.1) is 11.6 Å². The molecule has 5 nitrogen and oxygen atoms in total. The van der Waals surface area contributed by atoms with Crippen molar-refractivity contribution in [2.45, 2.75) is 31.8 Å². The first-order valence-electron chi connectivity index (χ1n) is 7.03. The predicted molar refractivity (Wildman–Crippen MR) is 82.6 cm³/mol. The van der Waals surface area contributed by atoms with E-state index in [9.17, 15) is 0 Å². The maximum Gasteiger partial charge on any atom is 0.170 e. The van der Waals surface area contributed by atoms with Crippen molar-refractivity contribution in [2.24, 2.45) is 7.05 Å². The van der Waals surface area contributed by atoms with Crippen LogP contribution in [0.25, 0.3) is 0 Å². The minimum Gasteiger partial charge on any atom is -0.497 e. The maximum absolute atomic E-state index is 5.84. The summed E-state index contributed by atoms with van der Waals surface area (Å²) in [5.74, 6) is 3.99. The van der Waals surface area contributed by atoms with Gasteiger partial charge in [0.25, 0.3) is 0 Å². The summed E-state index contributed by atoms with van der Waals surface area (Å²) in [7, 11) is 3.65. The van der Waals surface area contributed by atoms with Gasteiger partial charge >= 0.3 is 0 Å². The summed E-state index contributed by atoms with van der Waals surface area (Å²) >= 11 is 3.48. The Kier molecular flexibility index (Phi) is 4.14. The summed E-state index contributed by atoms with van der Waals surface area (Å²) in [5.41, 5.74) is 0. The van der Waals surface area contributed by atoms with Gasteiger partial charge in [-0.05, 0) is 40.9 Å². The zero-order valence-corrected chi connectivity index (χ0v) is 13.8. The first-order valence-corrected chi connectivity index (χ1v) is 7.83. The van der Waals surface area contributed by atoms with E-state index in [0.29, 0.717) is 12.5 Å². The van der Waals surface area contributed by atoms with E-state index in [4.69, 9.17) is 9.47 Å². The highest BCUT2D eigenvalue weighted by Gasteiger charge is 2.25. The van der Waals surface area contributed by atoms with Gasteiger partial charge in [-0.1, -0.05) is 6.42 Å². The third-order valence-electron chi connectivity index (χ3n) is 3.96. The van der Waals surface area contributed by atoms with Crippen LogP contribution in [0.1, 0.15) is 36.8 Å². The molecule has 0 atom stereocenters. The molecule has 1 aliphatic rings. The second kappa shape index (κ2) is 6.05. The van der Waals surface area contributed by atoms with Crippen LogP contribution in [-0.4, -0.2) is 21.9 Å². The van der Waals surface area contributed by atoms with Crippen molar-refractivity contribution < 1.29 is 9.47 Å². The third kappa shape index (κ3) is 2.90. The predicted octanol–water partition coefficient (Wildman–Crippen LogP) is 3.43. The van der Waals surface area contributed by atoms with Crippen LogP contribution in [0.4, 0.5) is 0 Å². The van der Waals surface area contributed by atoms with Crippen LogP contribution in [0, 0.1) is 0 Å². The van der Waals surface area contributed by atoms with Crippen molar-refractivity contribution in [2.75, 3.05) is 7.11 Å². The standard InChI is InChI=1S/C15H18BrN3O2/c1-19-14(17-18-15(19)10-4-3-5-10)9-21-13-8-11(20-2)6-7-12(13)16/h6-8,10H,3-5,9H2,1-2H3. The number of hydrogen-bond acceptors (Lipinski definition) is 4. The van der Waals surface area contributed by atoms with E-state index in [-0.39, 0.29) is 0 Å². The van der Waals surface area contributed by atoms with Crippen molar-refractivity contribution in [1.29, 1.82) is 0 Å². The minimum atomic E-state index is 0.391. The van der Waals surface area contributed by atoms with Gasteiger partial charge in [-0.15, -0.1) is 10.2 Å². The van der Waals surface area contributed by atoms with E-state index in [0.717, 1.165) is 27.6 Å². The van der Waals surface area contributed by atoms with Gasteiger partial charge in [0, 0.05) is 19.0 Å². The molecule has 0 spiro atoms. The highest BCUT2D eigenvalue weighted by atomic mass is 79.9. The molecule has 1 aliphatic carbocycles. The third-order valence-corrected chi connectivity index (χ3v) is 4.62. The van der Waals surface area contributed by atoms with Crippen LogP contribution in [-0.2, 0) is 13.7 Å². The summed E-state index contributed by atoms with van der Waals surface area (Å²) in [6, 6.07) is 5.64. The van der Waals surface area contributed by atoms with Crippen molar-refractivity contribution in [1.82, 2.24) is 14.8 Å². The number of hydrogen-bond donors (Lipinski definition) is 0. The molecule has 1 heterocycles. The number of methoxy groups -OCH3 is 1. The van der Waals surface area contributed by atoms with Gasteiger partial charge in [0.2, 0.25) is 0 Å². The molecular formula is C15H18BrN3O2. The van der Waals surface area contributed by atoms with Crippen molar-refractivity contribution in [3.63, 3.8) is 0 Å². The molecule has 6 heteroatoms. The number of halogens is 1. The molecule has 0 saturated heterocycles. The molecule has 1 aromatic heterocycles. The lowest BCUT2D eigenvalue weighted by molar-refractivity contribution is 0.286. The van der Waals surface area contributed by atoms with Crippen LogP contribution < -0.4 is 9.47 Å². The van der Waals surface area contributed by atoms with Gasteiger partial charge < -0.3 is 14.0 Å². The van der Waals surface area contributed by atoms with Gasteiger partial charge in [-0.25, -0.2) is 0 Å². The molecule has 1 saturated carbocycles. The molecule has 0 unspecified atom stereocenters. The average molecular weight is 352 g/mol. The summed E-state index contributed by atoms with van der Waals surface area (Å²) < 4.78 is 14.0. The zero-order valence-electron chi connectivity index (χ0n) is 12.2. The second-order valence-electron chi connectivity index (χ2n) is 5.25. The number of ether oxygens (including phenoxy) is 2. The van der Waals surface area contributed by atoms with Gasteiger partial charge in [0.1, 0.15) is 23.9 Å². The Bertz CT molecular complexity index is 638. The first kappa shape index (κ1) is 14.4. The largest absolute Gasteiger partial charge is 0.497 e. The normalized spacial score (nSPS) is 14.8. The van der Waals surface area contributed by atoms with Crippen LogP contribution in [0.2, 0.25) is 0 Å². The molecule has 3 rings (SSSR count). The summed E-state index contributed by atoms with van der Waals surface area (Å²) in [5, 5.41) is 8.55. The van der Waals surface area contributed by atoms with E-state index in [2.05, 4.69) is 30.7 Å². The summed E-state index contributed by atoms with van der Waals surface area (Å²) in [4.78, 5) is 0. The lowest BCUT2D eigenvalue weighted by Gasteiger charge is -2.24. The molecule has 0 amide bonds. The summed E-state index contributed by atoms with van der Waals surface area (Å²) in [6.07, 6.45) is 3.72. The van der Waals surface area contributed by atoms with Gasteiger partial charge in [-0.2, -0.15) is 0 Å². The molecule has 0 N–H and O–H groups in total.